The molecule has 3 N–H and O–H groups in total. The van der Waals surface area contributed by atoms with E-state index in [1.165, 1.54) is 4.31 Å². The van der Waals surface area contributed by atoms with Crippen molar-refractivity contribution in [1.82, 2.24) is 29.0 Å². The maximum Gasteiger partial charge on any atom is 0.279 e. The monoisotopic (exact) mass is 569 g/mol. The number of fused-ring (bicyclic) bond motifs is 1. The third-order valence-corrected chi connectivity index (χ3v) is 9.21. The van der Waals surface area contributed by atoms with E-state index in [9.17, 15) is 22.8 Å². The minimum atomic E-state index is -3.55. The SMILES string of the molecule is C=C1CCC(N2C(=O)c3cccc(NCc4cnn(C5CCN(S(=O)(=O)NC(C)(C)C)CC5)c4)c3C2=O)C(=O)N1. The molecule has 1 atom stereocenters. The molecule has 2 saturated heterocycles. The predicted octanol–water partition coefficient (Wildman–Crippen LogP) is 2.15. The van der Waals surface area contributed by atoms with Crippen molar-refractivity contribution >= 4 is 33.6 Å². The predicted molar refractivity (Wildman–Crippen MR) is 148 cm³/mol. The van der Waals surface area contributed by atoms with E-state index in [1.54, 1.807) is 24.4 Å². The Morgan fingerprint density at radius 1 is 1.10 bits per heavy atom. The van der Waals surface area contributed by atoms with Crippen LogP contribution in [0.15, 0.2) is 42.9 Å². The van der Waals surface area contributed by atoms with E-state index in [-0.39, 0.29) is 17.2 Å². The van der Waals surface area contributed by atoms with Gasteiger partial charge in [0.2, 0.25) is 5.91 Å². The highest BCUT2D eigenvalue weighted by molar-refractivity contribution is 7.87. The van der Waals surface area contributed by atoms with Crippen LogP contribution in [0.25, 0.3) is 0 Å². The summed E-state index contributed by atoms with van der Waals surface area (Å²) < 4.78 is 31.3. The molecule has 0 aliphatic carbocycles. The Balaban J connectivity index is 1.22. The van der Waals surface area contributed by atoms with Crippen molar-refractivity contribution in [1.29, 1.82) is 0 Å². The number of hydrogen-bond donors (Lipinski definition) is 3. The largest absolute Gasteiger partial charge is 0.380 e. The number of benzene rings is 1. The summed E-state index contributed by atoms with van der Waals surface area (Å²) in [7, 11) is -3.55. The number of amides is 3. The van der Waals surface area contributed by atoms with Crippen LogP contribution < -0.4 is 15.4 Å². The first-order chi connectivity index (χ1) is 18.8. The number of hydrogen-bond acceptors (Lipinski definition) is 7. The second kappa shape index (κ2) is 10.5. The smallest absolute Gasteiger partial charge is 0.279 e. The van der Waals surface area contributed by atoms with Gasteiger partial charge in [-0.2, -0.15) is 22.5 Å². The van der Waals surface area contributed by atoms with E-state index in [0.29, 0.717) is 56.7 Å². The Labute approximate surface area is 234 Å². The highest BCUT2D eigenvalue weighted by Crippen LogP contribution is 2.33. The van der Waals surface area contributed by atoms with Crippen LogP contribution >= 0.6 is 0 Å². The quantitative estimate of drug-likeness (QED) is 0.433. The summed E-state index contributed by atoms with van der Waals surface area (Å²) in [5.74, 6) is -1.37. The van der Waals surface area contributed by atoms with Crippen molar-refractivity contribution < 1.29 is 22.8 Å². The van der Waals surface area contributed by atoms with Crippen LogP contribution in [0.4, 0.5) is 5.69 Å². The molecule has 3 aliphatic heterocycles. The Kier molecular flexibility index (Phi) is 7.31. The van der Waals surface area contributed by atoms with Crippen LogP contribution in [0.2, 0.25) is 0 Å². The Morgan fingerprint density at radius 3 is 2.50 bits per heavy atom. The van der Waals surface area contributed by atoms with Gasteiger partial charge < -0.3 is 10.6 Å². The van der Waals surface area contributed by atoms with Crippen LogP contribution in [0, 0.1) is 0 Å². The molecule has 12 nitrogen and oxygen atoms in total. The van der Waals surface area contributed by atoms with Gasteiger partial charge in [-0.1, -0.05) is 12.6 Å². The minimum absolute atomic E-state index is 0.0706. The Hall–Kier alpha value is -3.55. The van der Waals surface area contributed by atoms with Gasteiger partial charge >= 0.3 is 0 Å². The maximum atomic E-state index is 13.3. The van der Waals surface area contributed by atoms with Gasteiger partial charge in [-0.3, -0.25) is 24.0 Å². The summed E-state index contributed by atoms with van der Waals surface area (Å²) in [5.41, 5.74) is 1.95. The average Bonchev–Trinajstić information content (AvgIpc) is 3.45. The number of anilines is 1. The average molecular weight is 570 g/mol. The topological polar surface area (TPSA) is 146 Å². The number of allylic oxidation sites excluding steroid dienone is 1. The first-order valence-corrected chi connectivity index (χ1v) is 14.8. The van der Waals surface area contributed by atoms with Gasteiger partial charge in [0.15, 0.2) is 0 Å². The first kappa shape index (κ1) is 28.0. The molecule has 0 saturated carbocycles. The zero-order valence-electron chi connectivity index (χ0n) is 22.9. The minimum Gasteiger partial charge on any atom is -0.380 e. The summed E-state index contributed by atoms with van der Waals surface area (Å²) in [5, 5.41) is 10.4. The Morgan fingerprint density at radius 2 is 1.82 bits per heavy atom. The fourth-order valence-electron chi connectivity index (χ4n) is 5.41. The van der Waals surface area contributed by atoms with Crippen LogP contribution in [0.3, 0.4) is 0 Å². The molecule has 40 heavy (non-hydrogen) atoms. The van der Waals surface area contributed by atoms with Gasteiger partial charge in [0.25, 0.3) is 22.0 Å². The molecule has 1 unspecified atom stereocenters. The molecule has 2 aromatic rings. The maximum absolute atomic E-state index is 13.3. The molecule has 1 aromatic heterocycles. The lowest BCUT2D eigenvalue weighted by molar-refractivity contribution is -0.125. The van der Waals surface area contributed by atoms with E-state index >= 15 is 0 Å². The van der Waals surface area contributed by atoms with Crippen LogP contribution in [-0.4, -0.2) is 69.8 Å². The van der Waals surface area contributed by atoms with Crippen molar-refractivity contribution in [2.45, 2.75) is 70.6 Å². The summed E-state index contributed by atoms with van der Waals surface area (Å²) in [6, 6.07) is 4.25. The fourth-order valence-corrected chi connectivity index (χ4v) is 7.00. The normalized spacial score (nSPS) is 21.1. The second-order valence-electron chi connectivity index (χ2n) is 11.5. The number of imide groups is 1. The molecule has 4 heterocycles. The van der Waals surface area contributed by atoms with Crippen LogP contribution in [0.1, 0.15) is 78.8 Å². The highest BCUT2D eigenvalue weighted by atomic mass is 32.2. The van der Waals surface area contributed by atoms with Crippen LogP contribution in [-0.2, 0) is 21.5 Å². The molecule has 2 fully saturated rings. The van der Waals surface area contributed by atoms with Crippen molar-refractivity contribution in [2.24, 2.45) is 0 Å². The van der Waals surface area contributed by atoms with Crippen molar-refractivity contribution in [3.63, 3.8) is 0 Å². The van der Waals surface area contributed by atoms with Gasteiger partial charge in [-0.25, -0.2) is 0 Å². The second-order valence-corrected chi connectivity index (χ2v) is 13.2. The lowest BCUT2D eigenvalue weighted by atomic mass is 10.0. The molecule has 214 valence electrons. The zero-order valence-corrected chi connectivity index (χ0v) is 23.8. The highest BCUT2D eigenvalue weighted by Gasteiger charge is 2.45. The van der Waals surface area contributed by atoms with Gasteiger partial charge in [-0.15, -0.1) is 0 Å². The van der Waals surface area contributed by atoms with E-state index < -0.39 is 39.5 Å². The number of carbonyl (C=O) groups excluding carboxylic acids is 3. The molecular formula is C27H35N7O5S. The first-order valence-electron chi connectivity index (χ1n) is 13.4. The van der Waals surface area contributed by atoms with Crippen molar-refractivity contribution in [2.75, 3.05) is 18.4 Å². The summed E-state index contributed by atoms with van der Waals surface area (Å²) in [4.78, 5) is 40.0. The van der Waals surface area contributed by atoms with Gasteiger partial charge in [0.1, 0.15) is 6.04 Å². The van der Waals surface area contributed by atoms with E-state index in [4.69, 9.17) is 0 Å². The fraction of sp³-hybridized carbons (Fsp3) is 0.481. The number of aromatic nitrogens is 2. The summed E-state index contributed by atoms with van der Waals surface area (Å²) >= 11 is 0. The Bertz CT molecular complexity index is 1470. The molecule has 1 aromatic carbocycles. The standard InChI is InChI=1S/C27H35N7O5S/c1-17-8-9-22(24(35)30-17)34-25(36)20-6-5-7-21(23(20)26(34)37)28-14-18-15-29-33(16-18)19-10-12-32(13-11-19)40(38,39)31-27(2,3)4/h5-7,15-16,19,22,28,31H,1,8-14H2,2-4H3,(H,30,35). The molecule has 0 radical (unpaired) electrons. The molecule has 5 rings (SSSR count). The van der Waals surface area contributed by atoms with Crippen LogP contribution in [0.5, 0.6) is 0 Å². The number of piperidine rings is 2. The number of carbonyl (C=O) groups is 3. The molecule has 3 amide bonds. The third-order valence-electron chi connectivity index (χ3n) is 7.29. The molecule has 3 aliphatic rings. The third kappa shape index (κ3) is 5.54. The lowest BCUT2D eigenvalue weighted by Crippen LogP contribution is -2.51. The van der Waals surface area contributed by atoms with E-state index in [2.05, 4.69) is 27.0 Å². The molecular weight excluding hydrogens is 534 g/mol. The van der Waals surface area contributed by atoms with Gasteiger partial charge in [0, 0.05) is 48.3 Å². The van der Waals surface area contributed by atoms with Crippen molar-refractivity contribution in [3.8, 4) is 0 Å². The zero-order chi connectivity index (χ0) is 28.8. The summed E-state index contributed by atoms with van der Waals surface area (Å²) in [6.45, 7) is 10.4. The van der Waals surface area contributed by atoms with Gasteiger partial charge in [-0.05, 0) is 58.6 Å². The number of nitrogens with zero attached hydrogens (tertiary/aromatic N) is 4. The van der Waals surface area contributed by atoms with E-state index in [0.717, 1.165) is 10.5 Å². The molecule has 13 heteroatoms. The molecule has 0 bridgehead atoms. The summed E-state index contributed by atoms with van der Waals surface area (Å²) in [6.07, 6.45) is 5.77. The number of nitrogens with one attached hydrogen (secondary N) is 3. The lowest BCUT2D eigenvalue weighted by Gasteiger charge is -2.33. The van der Waals surface area contributed by atoms with Gasteiger partial charge in [0.05, 0.1) is 23.4 Å². The van der Waals surface area contributed by atoms with E-state index in [1.807, 2.05) is 31.6 Å². The molecule has 0 spiro atoms. The number of rotatable bonds is 7. The van der Waals surface area contributed by atoms with Crippen molar-refractivity contribution in [3.05, 3.63) is 59.6 Å².